The molecule has 2 aliphatic rings. The van der Waals surface area contributed by atoms with Gasteiger partial charge in [0.1, 0.15) is 5.75 Å². The van der Waals surface area contributed by atoms with Gasteiger partial charge in [-0.2, -0.15) is 0 Å². The average Bonchev–Trinajstić information content (AvgIpc) is 3.09. The third-order valence-corrected chi connectivity index (χ3v) is 5.11. The number of aliphatic hydroxyl groups is 1. The molecule has 5 nitrogen and oxygen atoms in total. The summed E-state index contributed by atoms with van der Waals surface area (Å²) in [6.07, 6.45) is 3.17. The molecule has 0 bridgehead atoms. The molecule has 4 unspecified atom stereocenters. The molecule has 1 aliphatic heterocycles. The van der Waals surface area contributed by atoms with Crippen molar-refractivity contribution in [3.8, 4) is 5.75 Å². The highest BCUT2D eigenvalue weighted by Crippen LogP contribution is 2.30. The first-order valence-electron chi connectivity index (χ1n) is 8.64. The van der Waals surface area contributed by atoms with E-state index >= 15 is 0 Å². The van der Waals surface area contributed by atoms with E-state index in [-0.39, 0.29) is 0 Å². The largest absolute Gasteiger partial charge is 0.497 e. The topological polar surface area (TPSA) is 62.8 Å². The van der Waals surface area contributed by atoms with Gasteiger partial charge >= 0.3 is 0 Å². The van der Waals surface area contributed by atoms with Crippen molar-refractivity contribution in [3.05, 3.63) is 29.8 Å². The van der Waals surface area contributed by atoms with Crippen LogP contribution in [0.5, 0.6) is 5.75 Å². The fourth-order valence-corrected chi connectivity index (χ4v) is 3.79. The molecule has 3 rings (SSSR count). The normalized spacial score (nSPS) is 29.4. The number of aliphatic hydroxyl groups excluding tert-OH is 1. The highest BCUT2D eigenvalue weighted by Gasteiger charge is 2.34. The lowest BCUT2D eigenvalue weighted by molar-refractivity contribution is 0.0513. The van der Waals surface area contributed by atoms with Crippen LogP contribution in [-0.4, -0.2) is 50.6 Å². The van der Waals surface area contributed by atoms with Gasteiger partial charge in [0.2, 0.25) is 0 Å². The molecule has 0 amide bonds. The van der Waals surface area contributed by atoms with E-state index in [4.69, 9.17) is 9.47 Å². The third-order valence-electron chi connectivity index (χ3n) is 5.11. The monoisotopic (exact) mass is 320 g/mol. The summed E-state index contributed by atoms with van der Waals surface area (Å²) in [4.78, 5) is 0. The first-order chi connectivity index (χ1) is 11.3. The Morgan fingerprint density at radius 2 is 2.17 bits per heavy atom. The Morgan fingerprint density at radius 1 is 1.35 bits per heavy atom. The minimum atomic E-state index is -0.488. The number of benzene rings is 1. The number of methoxy groups -OCH3 is 1. The quantitative estimate of drug-likeness (QED) is 0.741. The molecular weight excluding hydrogens is 292 g/mol. The third kappa shape index (κ3) is 4.23. The molecule has 0 spiro atoms. The van der Waals surface area contributed by atoms with Crippen LogP contribution in [0.3, 0.4) is 0 Å². The van der Waals surface area contributed by atoms with Gasteiger partial charge in [-0.3, -0.25) is 0 Å². The first kappa shape index (κ1) is 16.7. The molecule has 128 valence electrons. The molecule has 1 saturated heterocycles. The van der Waals surface area contributed by atoms with Crippen LogP contribution >= 0.6 is 0 Å². The van der Waals surface area contributed by atoms with Crippen LogP contribution in [0.25, 0.3) is 0 Å². The van der Waals surface area contributed by atoms with E-state index in [1.54, 1.807) is 7.11 Å². The van der Waals surface area contributed by atoms with Crippen LogP contribution in [0, 0.1) is 5.92 Å². The van der Waals surface area contributed by atoms with E-state index in [1.165, 1.54) is 19.3 Å². The van der Waals surface area contributed by atoms with E-state index in [1.807, 2.05) is 24.3 Å². The van der Waals surface area contributed by atoms with Crippen molar-refractivity contribution in [3.63, 3.8) is 0 Å². The van der Waals surface area contributed by atoms with Gasteiger partial charge in [-0.15, -0.1) is 0 Å². The number of ether oxygens (including phenoxy) is 2. The fourth-order valence-electron chi connectivity index (χ4n) is 3.79. The van der Waals surface area contributed by atoms with Crippen molar-refractivity contribution >= 4 is 0 Å². The molecule has 1 heterocycles. The fraction of sp³-hybridized carbons (Fsp3) is 0.667. The lowest BCUT2D eigenvalue weighted by Crippen LogP contribution is -2.51. The molecule has 0 radical (unpaired) electrons. The summed E-state index contributed by atoms with van der Waals surface area (Å²) in [5, 5.41) is 17.6. The Kier molecular flexibility index (Phi) is 5.89. The second kappa shape index (κ2) is 8.11. The van der Waals surface area contributed by atoms with Gasteiger partial charge in [-0.1, -0.05) is 18.6 Å². The van der Waals surface area contributed by atoms with Gasteiger partial charge in [-0.25, -0.2) is 0 Å². The SMILES string of the molecule is COc1ccc(C(O)CNC2CCCC2C2COCCN2)cc1. The zero-order chi connectivity index (χ0) is 16.1. The van der Waals surface area contributed by atoms with E-state index in [2.05, 4.69) is 10.6 Å². The number of nitrogens with one attached hydrogen (secondary N) is 2. The standard InChI is InChI=1S/C18H28N2O3/c1-22-14-7-5-13(6-8-14)18(21)11-20-16-4-2-3-15(16)17-12-23-10-9-19-17/h5-8,15-21H,2-4,9-12H2,1H3. The summed E-state index contributed by atoms with van der Waals surface area (Å²) in [5.74, 6) is 1.41. The molecule has 5 heteroatoms. The molecular formula is C18H28N2O3. The van der Waals surface area contributed by atoms with Crippen molar-refractivity contribution < 1.29 is 14.6 Å². The zero-order valence-corrected chi connectivity index (χ0v) is 13.8. The van der Waals surface area contributed by atoms with Crippen LogP contribution in [0.15, 0.2) is 24.3 Å². The second-order valence-electron chi connectivity index (χ2n) is 6.53. The second-order valence-corrected chi connectivity index (χ2v) is 6.53. The summed E-state index contributed by atoms with van der Waals surface area (Å²) in [6.45, 7) is 3.16. The number of rotatable bonds is 6. The van der Waals surface area contributed by atoms with Crippen LogP contribution in [0.4, 0.5) is 0 Å². The molecule has 1 aromatic rings. The molecule has 0 aromatic heterocycles. The molecule has 1 aromatic carbocycles. The number of hydrogen-bond donors (Lipinski definition) is 3. The van der Waals surface area contributed by atoms with Crippen LogP contribution in [-0.2, 0) is 4.74 Å². The van der Waals surface area contributed by atoms with Gasteiger partial charge in [-0.05, 0) is 36.5 Å². The molecule has 4 atom stereocenters. The van der Waals surface area contributed by atoms with Crippen LogP contribution < -0.4 is 15.4 Å². The Hall–Kier alpha value is -1.14. The molecule has 1 saturated carbocycles. The average molecular weight is 320 g/mol. The molecule has 2 fully saturated rings. The zero-order valence-electron chi connectivity index (χ0n) is 13.8. The lowest BCUT2D eigenvalue weighted by Gasteiger charge is -2.33. The number of hydrogen-bond acceptors (Lipinski definition) is 5. The maximum atomic E-state index is 10.4. The summed E-state index contributed by atoms with van der Waals surface area (Å²) >= 11 is 0. The minimum Gasteiger partial charge on any atom is -0.497 e. The van der Waals surface area contributed by atoms with Crippen molar-refractivity contribution in [2.75, 3.05) is 33.4 Å². The van der Waals surface area contributed by atoms with Crippen molar-refractivity contribution in [1.29, 1.82) is 0 Å². The minimum absolute atomic E-state index is 0.446. The predicted octanol–water partition coefficient (Wildman–Crippen LogP) is 1.48. The predicted molar refractivity (Wildman–Crippen MR) is 89.7 cm³/mol. The Balaban J connectivity index is 1.51. The smallest absolute Gasteiger partial charge is 0.118 e. The Bertz CT molecular complexity index is 474. The Morgan fingerprint density at radius 3 is 2.87 bits per heavy atom. The highest BCUT2D eigenvalue weighted by molar-refractivity contribution is 5.28. The van der Waals surface area contributed by atoms with E-state index in [0.717, 1.165) is 31.1 Å². The lowest BCUT2D eigenvalue weighted by atomic mass is 9.93. The van der Waals surface area contributed by atoms with Crippen LogP contribution in [0.1, 0.15) is 30.9 Å². The van der Waals surface area contributed by atoms with Gasteiger partial charge in [0.05, 0.1) is 26.4 Å². The Labute approximate surface area is 138 Å². The van der Waals surface area contributed by atoms with E-state index in [0.29, 0.717) is 24.5 Å². The highest BCUT2D eigenvalue weighted by atomic mass is 16.5. The summed E-state index contributed by atoms with van der Waals surface area (Å²) in [5.41, 5.74) is 0.923. The number of morpholine rings is 1. The summed E-state index contributed by atoms with van der Waals surface area (Å²) < 4.78 is 10.8. The van der Waals surface area contributed by atoms with E-state index < -0.39 is 6.10 Å². The maximum Gasteiger partial charge on any atom is 0.118 e. The van der Waals surface area contributed by atoms with Gasteiger partial charge in [0, 0.05) is 25.2 Å². The maximum absolute atomic E-state index is 10.4. The molecule has 1 aliphatic carbocycles. The van der Waals surface area contributed by atoms with Crippen molar-refractivity contribution in [1.82, 2.24) is 10.6 Å². The van der Waals surface area contributed by atoms with Crippen LogP contribution in [0.2, 0.25) is 0 Å². The van der Waals surface area contributed by atoms with Gasteiger partial charge < -0.3 is 25.2 Å². The van der Waals surface area contributed by atoms with Crippen molar-refractivity contribution in [2.45, 2.75) is 37.5 Å². The molecule has 23 heavy (non-hydrogen) atoms. The summed E-state index contributed by atoms with van der Waals surface area (Å²) in [7, 11) is 1.65. The molecule has 3 N–H and O–H groups in total. The first-order valence-corrected chi connectivity index (χ1v) is 8.64. The van der Waals surface area contributed by atoms with E-state index in [9.17, 15) is 5.11 Å². The summed E-state index contributed by atoms with van der Waals surface area (Å²) in [6, 6.07) is 8.53. The van der Waals surface area contributed by atoms with Crippen molar-refractivity contribution in [2.24, 2.45) is 5.92 Å². The van der Waals surface area contributed by atoms with Gasteiger partial charge in [0.15, 0.2) is 0 Å². The van der Waals surface area contributed by atoms with Gasteiger partial charge in [0.25, 0.3) is 0 Å².